The van der Waals surface area contributed by atoms with E-state index in [0.717, 1.165) is 22.6 Å². The Bertz CT molecular complexity index is 1180. The van der Waals surface area contributed by atoms with Crippen molar-refractivity contribution in [3.8, 4) is 17.1 Å². The third-order valence-electron chi connectivity index (χ3n) is 4.46. The summed E-state index contributed by atoms with van der Waals surface area (Å²) in [7, 11) is 0. The zero-order valence-electron chi connectivity index (χ0n) is 16.8. The third-order valence-corrected chi connectivity index (χ3v) is 5.39. The van der Waals surface area contributed by atoms with Crippen LogP contribution >= 0.6 is 11.8 Å². The lowest BCUT2D eigenvalue weighted by Gasteiger charge is -2.10. The average Bonchev–Trinajstić information content (AvgIpc) is 3.27. The fraction of sp³-hybridized carbons (Fsp3) is 0.0870. The van der Waals surface area contributed by atoms with Crippen molar-refractivity contribution < 1.29 is 4.79 Å². The molecule has 1 amide bonds. The average molecular weight is 429 g/mol. The molecule has 1 N–H and O–H groups in total. The number of carbonyl (C=O) groups excluding carboxylic acids is 1. The van der Waals surface area contributed by atoms with Gasteiger partial charge in [-0.15, -0.1) is 10.2 Å². The molecule has 0 spiro atoms. The van der Waals surface area contributed by atoms with Gasteiger partial charge in [-0.2, -0.15) is 5.10 Å². The second-order valence-corrected chi connectivity index (χ2v) is 7.54. The predicted octanol–water partition coefficient (Wildman–Crippen LogP) is 3.96. The monoisotopic (exact) mass is 428 g/mol. The van der Waals surface area contributed by atoms with Gasteiger partial charge in [-0.3, -0.25) is 14.3 Å². The second-order valence-electron chi connectivity index (χ2n) is 6.60. The molecule has 7 nitrogen and oxygen atoms in total. The summed E-state index contributed by atoms with van der Waals surface area (Å²) < 4.78 is 1.96. The van der Waals surface area contributed by atoms with Crippen LogP contribution in [0.1, 0.15) is 12.5 Å². The van der Waals surface area contributed by atoms with Crippen molar-refractivity contribution in [3.63, 3.8) is 0 Å². The summed E-state index contributed by atoms with van der Waals surface area (Å²) in [6, 6.07) is 23.4. The number of benzene rings is 2. The molecule has 0 aliphatic heterocycles. The van der Waals surface area contributed by atoms with Crippen LogP contribution in [0.25, 0.3) is 17.1 Å². The van der Waals surface area contributed by atoms with E-state index in [9.17, 15) is 4.79 Å². The van der Waals surface area contributed by atoms with Gasteiger partial charge < -0.3 is 0 Å². The van der Waals surface area contributed by atoms with Crippen LogP contribution in [0, 0.1) is 0 Å². The number of rotatable bonds is 7. The number of para-hydroxylation sites is 1. The number of nitrogens with zero attached hydrogens (tertiary/aromatic N) is 5. The van der Waals surface area contributed by atoms with Gasteiger partial charge in [0.15, 0.2) is 11.0 Å². The van der Waals surface area contributed by atoms with Crippen LogP contribution in [0.15, 0.2) is 95.4 Å². The van der Waals surface area contributed by atoms with Crippen LogP contribution in [0.5, 0.6) is 0 Å². The molecule has 0 aliphatic carbocycles. The molecule has 0 aliphatic rings. The van der Waals surface area contributed by atoms with Crippen molar-refractivity contribution in [1.82, 2.24) is 25.2 Å². The molecular weight excluding hydrogens is 408 g/mol. The number of hydrogen-bond acceptors (Lipinski definition) is 6. The first-order valence-corrected chi connectivity index (χ1v) is 10.6. The van der Waals surface area contributed by atoms with Gasteiger partial charge >= 0.3 is 0 Å². The molecular formula is C23H20N6OS. The van der Waals surface area contributed by atoms with E-state index in [4.69, 9.17) is 0 Å². The maximum absolute atomic E-state index is 12.4. The molecule has 4 aromatic rings. The summed E-state index contributed by atoms with van der Waals surface area (Å²) in [6.45, 7) is 1.83. The number of thioether (sulfide) groups is 1. The molecule has 2 aromatic heterocycles. The molecule has 8 heteroatoms. The Hall–Kier alpha value is -3.78. The van der Waals surface area contributed by atoms with Gasteiger partial charge in [-0.1, -0.05) is 60.3 Å². The van der Waals surface area contributed by atoms with E-state index in [2.05, 4.69) is 25.7 Å². The minimum absolute atomic E-state index is 0.160. The summed E-state index contributed by atoms with van der Waals surface area (Å²) in [5, 5.41) is 13.5. The van der Waals surface area contributed by atoms with Crippen molar-refractivity contribution in [1.29, 1.82) is 0 Å². The van der Waals surface area contributed by atoms with Crippen molar-refractivity contribution in [2.24, 2.45) is 5.10 Å². The summed E-state index contributed by atoms with van der Waals surface area (Å²) >= 11 is 1.31. The van der Waals surface area contributed by atoms with E-state index >= 15 is 0 Å². The largest absolute Gasteiger partial charge is 0.272 e. The topological polar surface area (TPSA) is 85.1 Å². The van der Waals surface area contributed by atoms with Crippen LogP contribution < -0.4 is 5.43 Å². The predicted molar refractivity (Wildman–Crippen MR) is 122 cm³/mol. The number of hydrazone groups is 1. The molecule has 154 valence electrons. The highest BCUT2D eigenvalue weighted by Gasteiger charge is 2.17. The van der Waals surface area contributed by atoms with E-state index in [1.54, 1.807) is 12.4 Å². The van der Waals surface area contributed by atoms with Crippen LogP contribution in [0.2, 0.25) is 0 Å². The molecule has 4 rings (SSSR count). The van der Waals surface area contributed by atoms with Gasteiger partial charge in [0.25, 0.3) is 5.91 Å². The zero-order valence-corrected chi connectivity index (χ0v) is 17.7. The molecule has 2 heterocycles. The van der Waals surface area contributed by atoms with Crippen LogP contribution in [-0.4, -0.2) is 37.1 Å². The first-order valence-electron chi connectivity index (χ1n) is 9.65. The second kappa shape index (κ2) is 9.82. The fourth-order valence-electron chi connectivity index (χ4n) is 2.91. The SMILES string of the molecule is C/C(=N\NC(=O)CSc1nnc(-c2ccccc2)n1-c1ccccc1)c1ccncc1. The number of nitrogens with one attached hydrogen (secondary N) is 1. The maximum Gasteiger partial charge on any atom is 0.250 e. The quantitative estimate of drug-likeness (QED) is 0.274. The van der Waals surface area contributed by atoms with Crippen LogP contribution in [0.3, 0.4) is 0 Å². The number of pyridine rings is 1. The summed E-state index contributed by atoms with van der Waals surface area (Å²) in [5.74, 6) is 0.663. The lowest BCUT2D eigenvalue weighted by molar-refractivity contribution is -0.118. The van der Waals surface area contributed by atoms with E-state index in [0.29, 0.717) is 10.9 Å². The lowest BCUT2D eigenvalue weighted by atomic mass is 10.2. The number of aromatic nitrogens is 4. The van der Waals surface area contributed by atoms with Gasteiger partial charge in [-0.25, -0.2) is 5.43 Å². The van der Waals surface area contributed by atoms with Crippen molar-refractivity contribution in [3.05, 3.63) is 90.8 Å². The standard InChI is InChI=1S/C23H20N6OS/c1-17(18-12-14-24-15-13-18)25-26-21(30)16-31-23-28-27-22(19-8-4-2-5-9-19)29(23)20-10-6-3-7-11-20/h2-15H,16H2,1H3,(H,26,30)/b25-17+. The molecule has 0 fully saturated rings. The zero-order chi connectivity index (χ0) is 21.5. The van der Waals surface area contributed by atoms with Gasteiger partial charge in [0.1, 0.15) is 0 Å². The number of hydrogen-bond donors (Lipinski definition) is 1. The van der Waals surface area contributed by atoms with Gasteiger partial charge in [0, 0.05) is 29.2 Å². The molecule has 0 atom stereocenters. The van der Waals surface area contributed by atoms with E-state index in [1.807, 2.05) is 84.3 Å². The maximum atomic E-state index is 12.4. The highest BCUT2D eigenvalue weighted by molar-refractivity contribution is 7.99. The minimum Gasteiger partial charge on any atom is -0.272 e. The molecule has 0 saturated heterocycles. The smallest absolute Gasteiger partial charge is 0.250 e. The summed E-state index contributed by atoms with van der Waals surface area (Å²) in [5.41, 5.74) is 6.09. The van der Waals surface area contributed by atoms with E-state index in [-0.39, 0.29) is 11.7 Å². The van der Waals surface area contributed by atoms with Gasteiger partial charge in [0.2, 0.25) is 0 Å². The Morgan fingerprint density at radius 2 is 1.65 bits per heavy atom. The third kappa shape index (κ3) is 5.04. The minimum atomic E-state index is -0.220. The first kappa shape index (κ1) is 20.5. The van der Waals surface area contributed by atoms with Gasteiger partial charge in [-0.05, 0) is 31.2 Å². The Balaban J connectivity index is 1.51. The van der Waals surface area contributed by atoms with Gasteiger partial charge in [0.05, 0.1) is 11.5 Å². The Morgan fingerprint density at radius 1 is 0.968 bits per heavy atom. The molecule has 2 aromatic carbocycles. The van der Waals surface area contributed by atoms with E-state index < -0.39 is 0 Å². The summed E-state index contributed by atoms with van der Waals surface area (Å²) in [4.78, 5) is 16.4. The molecule has 0 radical (unpaired) electrons. The lowest BCUT2D eigenvalue weighted by Crippen LogP contribution is -2.21. The number of amides is 1. The van der Waals surface area contributed by atoms with E-state index in [1.165, 1.54) is 11.8 Å². The first-order chi connectivity index (χ1) is 15.2. The normalized spacial score (nSPS) is 11.3. The highest BCUT2D eigenvalue weighted by atomic mass is 32.2. The Labute approximate surface area is 184 Å². The van der Waals surface area contributed by atoms with Crippen molar-refractivity contribution in [2.45, 2.75) is 12.1 Å². The molecule has 0 bridgehead atoms. The molecule has 0 saturated carbocycles. The van der Waals surface area contributed by atoms with Crippen LogP contribution in [-0.2, 0) is 4.79 Å². The fourth-order valence-corrected chi connectivity index (χ4v) is 3.66. The van der Waals surface area contributed by atoms with Crippen molar-refractivity contribution in [2.75, 3.05) is 5.75 Å². The summed E-state index contributed by atoms with van der Waals surface area (Å²) in [6.07, 6.45) is 3.37. The Kier molecular flexibility index (Phi) is 6.49. The van der Waals surface area contributed by atoms with Crippen LogP contribution in [0.4, 0.5) is 0 Å². The number of carbonyl (C=O) groups is 1. The van der Waals surface area contributed by atoms with Crippen molar-refractivity contribution >= 4 is 23.4 Å². The highest BCUT2D eigenvalue weighted by Crippen LogP contribution is 2.27. The Morgan fingerprint density at radius 3 is 2.35 bits per heavy atom. The molecule has 0 unspecified atom stereocenters. The molecule has 31 heavy (non-hydrogen) atoms.